The van der Waals surface area contributed by atoms with Gasteiger partial charge < -0.3 is 5.32 Å². The van der Waals surface area contributed by atoms with Gasteiger partial charge in [-0.1, -0.05) is 35.9 Å². The number of benzene rings is 3. The molecule has 8 heteroatoms. The zero-order valence-corrected chi connectivity index (χ0v) is 15.3. The highest BCUT2D eigenvalue weighted by Crippen LogP contribution is 2.34. The van der Waals surface area contributed by atoms with Crippen molar-refractivity contribution in [1.29, 1.82) is 0 Å². The molecule has 0 bridgehead atoms. The van der Waals surface area contributed by atoms with Crippen LogP contribution in [0.4, 0.5) is 20.2 Å². The second-order valence-corrected chi connectivity index (χ2v) is 6.62. The predicted molar refractivity (Wildman–Crippen MR) is 103 cm³/mol. The van der Waals surface area contributed by atoms with Gasteiger partial charge in [0.2, 0.25) is 0 Å². The highest BCUT2D eigenvalue weighted by atomic mass is 35.5. The molecule has 4 rings (SSSR count). The van der Waals surface area contributed by atoms with E-state index in [0.717, 1.165) is 4.90 Å². The molecule has 0 fully saturated rings. The molecule has 0 radical (unpaired) electrons. The zero-order chi connectivity index (χ0) is 20.7. The molecule has 0 atom stereocenters. The van der Waals surface area contributed by atoms with Gasteiger partial charge in [-0.2, -0.15) is 0 Å². The third-order valence-electron chi connectivity index (χ3n) is 4.44. The maximum absolute atomic E-state index is 13.5. The van der Waals surface area contributed by atoms with Gasteiger partial charge >= 0.3 is 0 Å². The summed E-state index contributed by atoms with van der Waals surface area (Å²) in [5, 5.41) is 2.22. The molecule has 0 spiro atoms. The number of imide groups is 1. The number of amides is 3. The number of fused-ring (bicyclic) bond motifs is 1. The molecule has 3 aromatic rings. The number of nitrogens with one attached hydrogen (secondary N) is 1. The second-order valence-electron chi connectivity index (χ2n) is 6.21. The number of nitrogens with zero attached hydrogens (tertiary/aromatic N) is 1. The molecule has 0 aromatic heterocycles. The summed E-state index contributed by atoms with van der Waals surface area (Å²) in [5.41, 5.74) is 0.492. The van der Waals surface area contributed by atoms with Crippen molar-refractivity contribution in [2.45, 2.75) is 0 Å². The normalized spacial score (nSPS) is 12.9. The maximum Gasteiger partial charge on any atom is 0.266 e. The molecule has 1 N–H and O–H groups in total. The molecule has 1 aliphatic rings. The topological polar surface area (TPSA) is 66.5 Å². The number of rotatable bonds is 3. The minimum absolute atomic E-state index is 0.132. The van der Waals surface area contributed by atoms with Crippen LogP contribution in [0, 0.1) is 11.6 Å². The molecule has 29 heavy (non-hydrogen) atoms. The van der Waals surface area contributed by atoms with Gasteiger partial charge in [0.25, 0.3) is 17.7 Å². The van der Waals surface area contributed by atoms with Crippen LogP contribution >= 0.6 is 11.6 Å². The quantitative estimate of drug-likeness (QED) is 0.502. The van der Waals surface area contributed by atoms with Crippen molar-refractivity contribution in [3.8, 4) is 0 Å². The van der Waals surface area contributed by atoms with Crippen LogP contribution in [0.5, 0.6) is 0 Å². The Morgan fingerprint density at radius 3 is 2.07 bits per heavy atom. The SMILES string of the molecule is O=C(Nc1ccccc1N1C(=O)c2ccccc2C1=O)c1cc(F)c(F)cc1Cl. The Hall–Kier alpha value is -3.58. The van der Waals surface area contributed by atoms with Crippen LogP contribution < -0.4 is 10.2 Å². The molecule has 0 saturated carbocycles. The van der Waals surface area contributed by atoms with Crippen molar-refractivity contribution in [2.75, 3.05) is 10.2 Å². The smallest absolute Gasteiger partial charge is 0.266 e. The Morgan fingerprint density at radius 2 is 1.41 bits per heavy atom. The monoisotopic (exact) mass is 412 g/mol. The summed E-state index contributed by atoms with van der Waals surface area (Å²) in [4.78, 5) is 39.0. The molecule has 0 unspecified atom stereocenters. The average Bonchev–Trinajstić information content (AvgIpc) is 2.96. The van der Waals surface area contributed by atoms with Crippen molar-refractivity contribution in [3.05, 3.63) is 94.0 Å². The Labute approximate surface area is 168 Å². The van der Waals surface area contributed by atoms with Crippen molar-refractivity contribution in [3.63, 3.8) is 0 Å². The summed E-state index contributed by atoms with van der Waals surface area (Å²) in [7, 11) is 0. The fourth-order valence-corrected chi connectivity index (χ4v) is 3.30. The van der Waals surface area contributed by atoms with E-state index in [-0.39, 0.29) is 33.1 Å². The first-order valence-corrected chi connectivity index (χ1v) is 8.79. The van der Waals surface area contributed by atoms with Gasteiger partial charge in [0.05, 0.1) is 33.1 Å². The minimum Gasteiger partial charge on any atom is -0.320 e. The lowest BCUT2D eigenvalue weighted by Crippen LogP contribution is -2.30. The molecule has 0 aliphatic carbocycles. The molecule has 3 aromatic carbocycles. The fraction of sp³-hybridized carbons (Fsp3) is 0. The number of hydrogen-bond donors (Lipinski definition) is 1. The minimum atomic E-state index is -1.23. The standard InChI is InChI=1S/C21H11ClF2N2O3/c22-14-10-16(24)15(23)9-13(14)19(27)25-17-7-3-4-8-18(17)26-20(28)11-5-1-2-6-12(11)21(26)29/h1-10H,(H,25,27). The summed E-state index contributed by atoms with van der Waals surface area (Å²) in [6.07, 6.45) is 0. The van der Waals surface area contributed by atoms with Crippen molar-refractivity contribution >= 4 is 40.7 Å². The average molecular weight is 413 g/mol. The second kappa shape index (κ2) is 7.10. The lowest BCUT2D eigenvalue weighted by molar-refractivity contribution is 0.0924. The molecule has 0 saturated heterocycles. The van der Waals surface area contributed by atoms with E-state index in [1.165, 1.54) is 24.3 Å². The van der Waals surface area contributed by atoms with E-state index in [1.807, 2.05) is 0 Å². The van der Waals surface area contributed by atoms with Crippen LogP contribution in [0.2, 0.25) is 5.02 Å². The van der Waals surface area contributed by atoms with E-state index < -0.39 is 29.4 Å². The van der Waals surface area contributed by atoms with Gasteiger partial charge in [-0.3, -0.25) is 14.4 Å². The van der Waals surface area contributed by atoms with Crippen LogP contribution in [-0.2, 0) is 0 Å². The third kappa shape index (κ3) is 3.15. The highest BCUT2D eigenvalue weighted by molar-refractivity contribution is 6.36. The van der Waals surface area contributed by atoms with E-state index >= 15 is 0 Å². The predicted octanol–water partition coefficient (Wildman–Crippen LogP) is 4.67. The third-order valence-corrected chi connectivity index (χ3v) is 4.75. The Kier molecular flexibility index (Phi) is 4.60. The van der Waals surface area contributed by atoms with Crippen LogP contribution in [0.25, 0.3) is 0 Å². The van der Waals surface area contributed by atoms with E-state index in [9.17, 15) is 23.2 Å². The van der Waals surface area contributed by atoms with Crippen molar-refractivity contribution in [1.82, 2.24) is 0 Å². The van der Waals surface area contributed by atoms with E-state index in [0.29, 0.717) is 12.1 Å². The Balaban J connectivity index is 1.71. The molecule has 1 aliphatic heterocycles. The zero-order valence-electron chi connectivity index (χ0n) is 14.6. The van der Waals surface area contributed by atoms with E-state index in [1.54, 1.807) is 24.3 Å². The van der Waals surface area contributed by atoms with E-state index in [2.05, 4.69) is 5.32 Å². The summed E-state index contributed by atoms with van der Waals surface area (Å²) in [6, 6.07) is 13.9. The number of carbonyl (C=O) groups excluding carboxylic acids is 3. The lowest BCUT2D eigenvalue weighted by Gasteiger charge is -2.18. The molecular weight excluding hydrogens is 402 g/mol. The van der Waals surface area contributed by atoms with Crippen molar-refractivity contribution < 1.29 is 23.2 Å². The van der Waals surface area contributed by atoms with Crippen LogP contribution in [0.1, 0.15) is 31.1 Å². The van der Waals surface area contributed by atoms with Gasteiger partial charge in [-0.25, -0.2) is 13.7 Å². The summed E-state index contributed by atoms with van der Waals surface area (Å²) in [5.74, 6) is -4.29. The number of hydrogen-bond acceptors (Lipinski definition) is 3. The van der Waals surface area contributed by atoms with Crippen molar-refractivity contribution in [2.24, 2.45) is 0 Å². The van der Waals surface area contributed by atoms with Gasteiger partial charge in [-0.15, -0.1) is 0 Å². The number of carbonyl (C=O) groups is 3. The Bertz CT molecular complexity index is 1160. The molecule has 5 nitrogen and oxygen atoms in total. The lowest BCUT2D eigenvalue weighted by atomic mass is 10.1. The number of halogens is 3. The molecule has 3 amide bonds. The highest BCUT2D eigenvalue weighted by Gasteiger charge is 2.37. The fourth-order valence-electron chi connectivity index (χ4n) is 3.07. The van der Waals surface area contributed by atoms with Gasteiger partial charge in [-0.05, 0) is 36.4 Å². The summed E-state index contributed by atoms with van der Waals surface area (Å²) >= 11 is 5.85. The first kappa shape index (κ1) is 18.8. The largest absolute Gasteiger partial charge is 0.320 e. The molecule has 1 heterocycles. The summed E-state index contributed by atoms with van der Waals surface area (Å²) < 4.78 is 26.8. The Morgan fingerprint density at radius 1 is 0.862 bits per heavy atom. The summed E-state index contributed by atoms with van der Waals surface area (Å²) in [6.45, 7) is 0. The van der Waals surface area contributed by atoms with Gasteiger partial charge in [0, 0.05) is 0 Å². The number of anilines is 2. The van der Waals surface area contributed by atoms with Gasteiger partial charge in [0.15, 0.2) is 11.6 Å². The van der Waals surface area contributed by atoms with Crippen LogP contribution in [0.3, 0.4) is 0 Å². The molecular formula is C21H11ClF2N2O3. The van der Waals surface area contributed by atoms with Crippen LogP contribution in [0.15, 0.2) is 60.7 Å². The van der Waals surface area contributed by atoms with E-state index in [4.69, 9.17) is 11.6 Å². The molecule has 144 valence electrons. The van der Waals surface area contributed by atoms with Gasteiger partial charge in [0.1, 0.15) is 0 Å². The van der Waals surface area contributed by atoms with Crippen LogP contribution in [-0.4, -0.2) is 17.7 Å². The first-order valence-electron chi connectivity index (χ1n) is 8.41. The first-order chi connectivity index (χ1) is 13.9. The maximum atomic E-state index is 13.5. The number of para-hydroxylation sites is 2.